The first kappa shape index (κ1) is 14.5. The summed E-state index contributed by atoms with van der Waals surface area (Å²) in [5.74, 6) is 2.35. The van der Waals surface area contributed by atoms with Crippen LogP contribution in [0.2, 0.25) is 0 Å². The summed E-state index contributed by atoms with van der Waals surface area (Å²) in [4.78, 5) is 0. The Morgan fingerprint density at radius 1 is 1.26 bits per heavy atom. The second kappa shape index (κ2) is 6.51. The molecule has 4 nitrogen and oxygen atoms in total. The summed E-state index contributed by atoms with van der Waals surface area (Å²) < 4.78 is 5.96. The molecule has 1 heterocycles. The molecule has 0 aromatic carbocycles. The quantitative estimate of drug-likeness (QED) is 0.770. The van der Waals surface area contributed by atoms with Gasteiger partial charge in [0.15, 0.2) is 0 Å². The largest absolute Gasteiger partial charge is 0.425 e. The van der Waals surface area contributed by atoms with Crippen molar-refractivity contribution in [2.24, 2.45) is 5.92 Å². The molecule has 0 unspecified atom stereocenters. The second-order valence-corrected chi connectivity index (χ2v) is 6.19. The summed E-state index contributed by atoms with van der Waals surface area (Å²) in [7, 11) is 0. The maximum atomic E-state index is 5.96. The van der Waals surface area contributed by atoms with Crippen LogP contribution >= 0.6 is 0 Å². The zero-order valence-electron chi connectivity index (χ0n) is 12.5. The molecule has 1 aliphatic rings. The van der Waals surface area contributed by atoms with Crippen LogP contribution in [0.4, 0.5) is 0 Å². The molecule has 4 heteroatoms. The van der Waals surface area contributed by atoms with E-state index in [2.05, 4.69) is 36.3 Å². The van der Waals surface area contributed by atoms with E-state index in [1.54, 1.807) is 0 Å². The molecule has 1 N–H and O–H groups in total. The molecule has 0 bridgehead atoms. The summed E-state index contributed by atoms with van der Waals surface area (Å²) >= 11 is 0. The Bertz CT molecular complexity index is 380. The van der Waals surface area contributed by atoms with E-state index >= 15 is 0 Å². The van der Waals surface area contributed by atoms with Gasteiger partial charge >= 0.3 is 0 Å². The summed E-state index contributed by atoms with van der Waals surface area (Å²) in [5, 5.41) is 11.9. The molecule has 1 fully saturated rings. The second-order valence-electron chi connectivity index (χ2n) is 6.19. The van der Waals surface area contributed by atoms with Crippen LogP contribution in [-0.4, -0.2) is 23.3 Å². The van der Waals surface area contributed by atoms with Crippen molar-refractivity contribution in [3.05, 3.63) is 11.8 Å². The van der Waals surface area contributed by atoms with Gasteiger partial charge in [-0.1, -0.05) is 33.6 Å². The van der Waals surface area contributed by atoms with Crippen molar-refractivity contribution in [1.29, 1.82) is 0 Å². The van der Waals surface area contributed by atoms with Gasteiger partial charge in [0.2, 0.25) is 11.8 Å². The molecule has 1 aliphatic carbocycles. The van der Waals surface area contributed by atoms with Crippen molar-refractivity contribution in [3.63, 3.8) is 0 Å². The molecule has 0 radical (unpaired) electrons. The lowest BCUT2D eigenvalue weighted by Gasteiger charge is -2.26. The van der Waals surface area contributed by atoms with Crippen LogP contribution in [0.15, 0.2) is 4.42 Å². The minimum absolute atomic E-state index is 0.164. The average Bonchev–Trinajstić information content (AvgIpc) is 2.98. The van der Waals surface area contributed by atoms with Gasteiger partial charge in [0.1, 0.15) is 0 Å². The van der Waals surface area contributed by atoms with Gasteiger partial charge in [-0.2, -0.15) is 0 Å². The normalized spacial score (nSPS) is 18.3. The van der Waals surface area contributed by atoms with Gasteiger partial charge in [0, 0.05) is 18.4 Å². The van der Waals surface area contributed by atoms with Gasteiger partial charge in [-0.15, -0.1) is 10.2 Å². The van der Waals surface area contributed by atoms with E-state index in [4.69, 9.17) is 4.42 Å². The SMILES string of the molecule is CCNCCc1nnc(C2(CC(C)C)CCCC2)o1. The zero-order valence-corrected chi connectivity index (χ0v) is 12.5. The van der Waals surface area contributed by atoms with Crippen molar-refractivity contribution in [2.75, 3.05) is 13.1 Å². The van der Waals surface area contributed by atoms with E-state index in [0.29, 0.717) is 5.92 Å². The first-order chi connectivity index (χ1) is 9.16. The summed E-state index contributed by atoms with van der Waals surface area (Å²) in [6.45, 7) is 8.56. The van der Waals surface area contributed by atoms with E-state index in [-0.39, 0.29) is 5.41 Å². The summed E-state index contributed by atoms with van der Waals surface area (Å²) in [5.41, 5.74) is 0.164. The van der Waals surface area contributed by atoms with Crippen molar-refractivity contribution < 1.29 is 4.42 Å². The van der Waals surface area contributed by atoms with Crippen molar-refractivity contribution in [3.8, 4) is 0 Å². The first-order valence-corrected chi connectivity index (χ1v) is 7.70. The van der Waals surface area contributed by atoms with E-state index in [1.165, 1.54) is 32.1 Å². The molecule has 2 rings (SSSR count). The zero-order chi connectivity index (χ0) is 13.7. The monoisotopic (exact) mass is 265 g/mol. The molecule has 0 saturated heterocycles. The first-order valence-electron chi connectivity index (χ1n) is 7.70. The van der Waals surface area contributed by atoms with Crippen LogP contribution in [0.1, 0.15) is 64.7 Å². The van der Waals surface area contributed by atoms with Gasteiger partial charge in [0.05, 0.1) is 0 Å². The van der Waals surface area contributed by atoms with E-state index in [1.807, 2.05) is 0 Å². The fourth-order valence-electron chi connectivity index (χ4n) is 3.28. The lowest BCUT2D eigenvalue weighted by atomic mass is 9.78. The minimum atomic E-state index is 0.164. The molecule has 0 spiro atoms. The number of nitrogens with zero attached hydrogens (tertiary/aromatic N) is 2. The molecule has 1 saturated carbocycles. The molecule has 19 heavy (non-hydrogen) atoms. The lowest BCUT2D eigenvalue weighted by Crippen LogP contribution is -2.24. The van der Waals surface area contributed by atoms with Crippen LogP contribution in [0.5, 0.6) is 0 Å². The Morgan fingerprint density at radius 2 is 2.00 bits per heavy atom. The van der Waals surface area contributed by atoms with Crippen LogP contribution < -0.4 is 5.32 Å². The van der Waals surface area contributed by atoms with E-state index < -0.39 is 0 Å². The third-order valence-electron chi connectivity index (χ3n) is 4.05. The molecule has 0 atom stereocenters. The fraction of sp³-hybridized carbons (Fsp3) is 0.867. The molecule has 0 amide bonds. The number of rotatable bonds is 7. The smallest absolute Gasteiger partial charge is 0.222 e. The predicted octanol–water partition coefficient (Wildman–Crippen LogP) is 3.08. The molecule has 1 aromatic rings. The van der Waals surface area contributed by atoms with E-state index in [9.17, 15) is 0 Å². The number of aromatic nitrogens is 2. The van der Waals surface area contributed by atoms with Gasteiger partial charge in [-0.25, -0.2) is 0 Å². The van der Waals surface area contributed by atoms with Gasteiger partial charge in [-0.05, 0) is 31.7 Å². The predicted molar refractivity (Wildman–Crippen MR) is 76.1 cm³/mol. The molecular weight excluding hydrogens is 238 g/mol. The van der Waals surface area contributed by atoms with Crippen LogP contribution in [-0.2, 0) is 11.8 Å². The molecular formula is C15H27N3O. The number of likely N-dealkylation sites (N-methyl/N-ethyl adjacent to an activating group) is 1. The lowest BCUT2D eigenvalue weighted by molar-refractivity contribution is 0.267. The molecule has 108 valence electrons. The van der Waals surface area contributed by atoms with Gasteiger partial charge < -0.3 is 9.73 Å². The number of hydrogen-bond acceptors (Lipinski definition) is 4. The highest BCUT2D eigenvalue weighted by atomic mass is 16.4. The standard InChI is InChI=1S/C15H27N3O/c1-4-16-10-7-13-17-18-14(19-13)15(11-12(2)3)8-5-6-9-15/h12,16H,4-11H2,1-3H3. The minimum Gasteiger partial charge on any atom is -0.425 e. The van der Waals surface area contributed by atoms with Crippen molar-refractivity contribution in [2.45, 2.75) is 64.7 Å². The van der Waals surface area contributed by atoms with Gasteiger partial charge in [0.25, 0.3) is 0 Å². The molecule has 1 aromatic heterocycles. The number of hydrogen-bond donors (Lipinski definition) is 1. The topological polar surface area (TPSA) is 51.0 Å². The summed E-state index contributed by atoms with van der Waals surface area (Å²) in [6, 6.07) is 0. The highest BCUT2D eigenvalue weighted by molar-refractivity contribution is 5.07. The Morgan fingerprint density at radius 3 is 2.63 bits per heavy atom. The van der Waals surface area contributed by atoms with Crippen LogP contribution in [0.25, 0.3) is 0 Å². The number of nitrogens with one attached hydrogen (secondary N) is 1. The van der Waals surface area contributed by atoms with Crippen molar-refractivity contribution >= 4 is 0 Å². The van der Waals surface area contributed by atoms with E-state index in [0.717, 1.165) is 31.3 Å². The Hall–Kier alpha value is -0.900. The highest BCUT2D eigenvalue weighted by Gasteiger charge is 2.40. The highest BCUT2D eigenvalue weighted by Crippen LogP contribution is 2.44. The summed E-state index contributed by atoms with van der Waals surface area (Å²) in [6.07, 6.45) is 7.00. The van der Waals surface area contributed by atoms with Crippen LogP contribution in [0, 0.1) is 5.92 Å². The van der Waals surface area contributed by atoms with Crippen LogP contribution in [0.3, 0.4) is 0 Å². The fourth-order valence-corrected chi connectivity index (χ4v) is 3.28. The third kappa shape index (κ3) is 3.56. The maximum absolute atomic E-state index is 5.96. The van der Waals surface area contributed by atoms with Crippen molar-refractivity contribution in [1.82, 2.24) is 15.5 Å². The molecule has 0 aliphatic heterocycles. The Labute approximate surface area is 116 Å². The Kier molecular flexibility index (Phi) is 4.97. The maximum Gasteiger partial charge on any atom is 0.222 e. The average molecular weight is 265 g/mol. The third-order valence-corrected chi connectivity index (χ3v) is 4.05. The van der Waals surface area contributed by atoms with Gasteiger partial charge in [-0.3, -0.25) is 0 Å². The Balaban J connectivity index is 2.05.